The Kier molecular flexibility index (Phi) is 6.65. The summed E-state index contributed by atoms with van der Waals surface area (Å²) in [5, 5.41) is 0.00755. The topological polar surface area (TPSA) is 115 Å². The number of anilines is 1. The maximum atomic E-state index is 12.5. The van der Waals surface area contributed by atoms with Crippen molar-refractivity contribution in [2.45, 2.75) is 64.1 Å². The van der Waals surface area contributed by atoms with Gasteiger partial charge in [0.15, 0.2) is 20.6 Å². The highest BCUT2D eigenvalue weighted by atomic mass is 32.2. The number of likely N-dealkylation sites (tertiary alicyclic amines) is 1. The fourth-order valence-electron chi connectivity index (χ4n) is 4.64. The Balaban J connectivity index is 1.49. The predicted molar refractivity (Wildman–Crippen MR) is 131 cm³/mol. The van der Waals surface area contributed by atoms with E-state index in [-0.39, 0.29) is 23.1 Å². The first-order valence-electron chi connectivity index (χ1n) is 11.8. The first kappa shape index (κ1) is 25.2. The lowest BCUT2D eigenvalue weighted by Crippen LogP contribution is -2.52. The molecule has 0 bridgehead atoms. The molecule has 4 heterocycles. The number of hydrogen-bond donors (Lipinski definition) is 0. The van der Waals surface area contributed by atoms with Crippen molar-refractivity contribution in [1.82, 2.24) is 19.9 Å². The summed E-state index contributed by atoms with van der Waals surface area (Å²) in [7, 11) is -3.40. The van der Waals surface area contributed by atoms with E-state index in [1.54, 1.807) is 17.9 Å². The van der Waals surface area contributed by atoms with Gasteiger partial charge < -0.3 is 19.3 Å². The molecular formula is C24H33N5O5S. The molecule has 1 saturated heterocycles. The largest absolute Gasteiger partial charge is 0.444 e. The van der Waals surface area contributed by atoms with E-state index in [9.17, 15) is 13.2 Å². The minimum absolute atomic E-state index is 0.00755. The number of amides is 1. The lowest BCUT2D eigenvalue weighted by Gasteiger charge is -2.42. The number of sulfone groups is 1. The van der Waals surface area contributed by atoms with Crippen LogP contribution in [0, 0.1) is 12.8 Å². The van der Waals surface area contributed by atoms with E-state index >= 15 is 0 Å². The molecule has 2 aromatic heterocycles. The van der Waals surface area contributed by atoms with Gasteiger partial charge in [-0.2, -0.15) is 0 Å². The summed E-state index contributed by atoms with van der Waals surface area (Å²) in [6, 6.07) is 3.27. The molecule has 0 radical (unpaired) electrons. The molecule has 2 aromatic rings. The highest BCUT2D eigenvalue weighted by Crippen LogP contribution is 2.38. The van der Waals surface area contributed by atoms with E-state index < -0.39 is 15.4 Å². The zero-order valence-corrected chi connectivity index (χ0v) is 21.9. The third-order valence-electron chi connectivity index (χ3n) is 6.27. The van der Waals surface area contributed by atoms with E-state index in [1.807, 2.05) is 20.8 Å². The number of hydrogen-bond acceptors (Lipinski definition) is 9. The molecule has 35 heavy (non-hydrogen) atoms. The van der Waals surface area contributed by atoms with Crippen molar-refractivity contribution < 1.29 is 22.7 Å². The van der Waals surface area contributed by atoms with Gasteiger partial charge in [0.05, 0.1) is 11.3 Å². The normalized spacial score (nSPS) is 20.5. The number of rotatable bonds is 4. The number of nitrogens with zero attached hydrogens (tertiary/aromatic N) is 5. The summed E-state index contributed by atoms with van der Waals surface area (Å²) in [5.41, 5.74) is 0.872. The molecule has 0 spiro atoms. The van der Waals surface area contributed by atoms with Gasteiger partial charge in [-0.05, 0) is 58.6 Å². The molecule has 0 aliphatic carbocycles. The van der Waals surface area contributed by atoms with Crippen molar-refractivity contribution in [2.75, 3.05) is 30.8 Å². The molecule has 10 nitrogen and oxygen atoms in total. The van der Waals surface area contributed by atoms with Gasteiger partial charge in [0.25, 0.3) is 0 Å². The first-order chi connectivity index (χ1) is 16.3. The standard InChI is InChI=1S/C24H33N5O5S/c1-15-13-28(23(30)34-24(3,4)5)11-10-18(15)29-12-9-17-21(29)25-14-26-22(17)33-19-7-8-20(27-16(19)2)35(6,31)32/h7-8,14-15,18H,9-13H2,1-6H3/t15-,18+/m0/s1. The Hall–Kier alpha value is -2.95. The van der Waals surface area contributed by atoms with Crippen molar-refractivity contribution in [3.63, 3.8) is 0 Å². The Bertz CT molecular complexity index is 1230. The van der Waals surface area contributed by atoms with Crippen molar-refractivity contribution in [1.29, 1.82) is 0 Å². The Morgan fingerprint density at radius 2 is 1.91 bits per heavy atom. The second-order valence-corrected chi connectivity index (χ2v) is 12.3. The smallest absolute Gasteiger partial charge is 0.410 e. The van der Waals surface area contributed by atoms with Crippen molar-refractivity contribution in [2.24, 2.45) is 5.92 Å². The van der Waals surface area contributed by atoms with Gasteiger partial charge in [-0.3, -0.25) is 0 Å². The molecule has 0 aromatic carbocycles. The molecule has 1 fully saturated rings. The minimum Gasteiger partial charge on any atom is -0.444 e. The highest BCUT2D eigenvalue weighted by Gasteiger charge is 2.38. The molecule has 4 rings (SSSR count). The second kappa shape index (κ2) is 9.25. The number of ether oxygens (including phenoxy) is 2. The molecule has 0 N–H and O–H groups in total. The number of aryl methyl sites for hydroxylation is 1. The zero-order valence-electron chi connectivity index (χ0n) is 21.1. The monoisotopic (exact) mass is 503 g/mol. The quantitative estimate of drug-likeness (QED) is 0.619. The molecular weight excluding hydrogens is 470 g/mol. The van der Waals surface area contributed by atoms with E-state index in [0.717, 1.165) is 37.0 Å². The number of aromatic nitrogens is 3. The first-order valence-corrected chi connectivity index (χ1v) is 13.7. The van der Waals surface area contributed by atoms with Crippen LogP contribution < -0.4 is 9.64 Å². The second-order valence-electron chi connectivity index (χ2n) is 10.3. The van der Waals surface area contributed by atoms with Crippen LogP contribution in [0.5, 0.6) is 11.6 Å². The molecule has 2 atom stereocenters. The van der Waals surface area contributed by atoms with Crippen molar-refractivity contribution >= 4 is 21.7 Å². The Labute approximate surface area is 206 Å². The van der Waals surface area contributed by atoms with E-state index in [2.05, 4.69) is 26.8 Å². The van der Waals surface area contributed by atoms with Crippen LogP contribution in [0.3, 0.4) is 0 Å². The summed E-state index contributed by atoms with van der Waals surface area (Å²) in [5.74, 6) is 1.98. The van der Waals surface area contributed by atoms with Crippen LogP contribution in [0.15, 0.2) is 23.5 Å². The van der Waals surface area contributed by atoms with E-state index in [4.69, 9.17) is 9.47 Å². The lowest BCUT2D eigenvalue weighted by atomic mass is 9.93. The number of piperidine rings is 1. The Morgan fingerprint density at radius 3 is 2.54 bits per heavy atom. The van der Waals surface area contributed by atoms with Crippen molar-refractivity contribution in [3.05, 3.63) is 29.7 Å². The summed E-state index contributed by atoms with van der Waals surface area (Å²) < 4.78 is 35.2. The highest BCUT2D eigenvalue weighted by molar-refractivity contribution is 7.90. The van der Waals surface area contributed by atoms with Gasteiger partial charge >= 0.3 is 6.09 Å². The van der Waals surface area contributed by atoms with Crippen LogP contribution in [0.4, 0.5) is 10.6 Å². The maximum Gasteiger partial charge on any atom is 0.410 e. The van der Waals surface area contributed by atoms with Crippen molar-refractivity contribution in [3.8, 4) is 11.6 Å². The molecule has 0 saturated carbocycles. The predicted octanol–water partition coefficient (Wildman–Crippen LogP) is 3.38. The minimum atomic E-state index is -3.40. The average molecular weight is 504 g/mol. The van der Waals surface area contributed by atoms with E-state index in [1.165, 1.54) is 12.4 Å². The third kappa shape index (κ3) is 5.50. The van der Waals surface area contributed by atoms with Crippen LogP contribution in [-0.4, -0.2) is 71.9 Å². The SMILES string of the molecule is Cc1nc(S(C)(=O)=O)ccc1Oc1ncnc2c1CCN2[C@@H]1CCN(C(=O)OC(C)(C)C)C[C@@H]1C. The average Bonchev–Trinajstić information content (AvgIpc) is 3.18. The number of fused-ring (bicyclic) bond motifs is 1. The fraction of sp³-hybridized carbons (Fsp3) is 0.583. The number of pyridine rings is 1. The Morgan fingerprint density at radius 1 is 1.17 bits per heavy atom. The van der Waals surface area contributed by atoms with Gasteiger partial charge in [-0.1, -0.05) is 6.92 Å². The molecule has 2 aliphatic rings. The summed E-state index contributed by atoms with van der Waals surface area (Å²) in [6.45, 7) is 11.5. The summed E-state index contributed by atoms with van der Waals surface area (Å²) >= 11 is 0. The summed E-state index contributed by atoms with van der Waals surface area (Å²) in [4.78, 5) is 29.7. The van der Waals surface area contributed by atoms with Crippen LogP contribution in [0.25, 0.3) is 0 Å². The molecule has 1 amide bonds. The van der Waals surface area contributed by atoms with Crippen LogP contribution in [0.1, 0.15) is 45.4 Å². The van der Waals surface area contributed by atoms with Gasteiger partial charge in [0.2, 0.25) is 5.88 Å². The molecule has 190 valence electrons. The van der Waals surface area contributed by atoms with Gasteiger partial charge in [-0.25, -0.2) is 28.2 Å². The summed E-state index contributed by atoms with van der Waals surface area (Å²) in [6.07, 6.45) is 3.89. The lowest BCUT2D eigenvalue weighted by molar-refractivity contribution is 0.0155. The molecule has 2 aliphatic heterocycles. The molecule has 0 unspecified atom stereocenters. The fourth-order valence-corrected chi connectivity index (χ4v) is 5.25. The van der Waals surface area contributed by atoms with Crippen LogP contribution >= 0.6 is 0 Å². The molecule has 11 heteroatoms. The van der Waals surface area contributed by atoms with Gasteiger partial charge in [-0.15, -0.1) is 0 Å². The van der Waals surface area contributed by atoms with Gasteiger partial charge in [0, 0.05) is 31.9 Å². The third-order valence-corrected chi connectivity index (χ3v) is 7.26. The van der Waals surface area contributed by atoms with E-state index in [0.29, 0.717) is 30.4 Å². The number of carbonyl (C=O) groups excluding carboxylic acids is 1. The number of carbonyl (C=O) groups is 1. The van der Waals surface area contributed by atoms with Crippen LogP contribution in [0.2, 0.25) is 0 Å². The van der Waals surface area contributed by atoms with Gasteiger partial charge in [0.1, 0.15) is 17.7 Å². The van der Waals surface area contributed by atoms with Crippen LogP contribution in [-0.2, 0) is 21.0 Å². The zero-order chi connectivity index (χ0) is 25.5. The maximum absolute atomic E-state index is 12.5.